The first-order chi connectivity index (χ1) is 10.5. The molecule has 1 aromatic rings. The molecule has 120 valence electrons. The van der Waals surface area contributed by atoms with Crippen molar-refractivity contribution in [1.29, 1.82) is 0 Å². The van der Waals surface area contributed by atoms with Crippen LogP contribution < -0.4 is 4.80 Å². The quantitative estimate of drug-likeness (QED) is 0.578. The van der Waals surface area contributed by atoms with Crippen LogP contribution in [0.1, 0.15) is 13.3 Å². The van der Waals surface area contributed by atoms with Crippen LogP contribution in [0.25, 0.3) is 0 Å². The lowest BCUT2D eigenvalue weighted by atomic mass is 10.4. The highest BCUT2D eigenvalue weighted by Gasteiger charge is 2.20. The Hall–Kier alpha value is -2.07. The summed E-state index contributed by atoms with van der Waals surface area (Å²) in [5.74, 6) is -0.564. The average molecular weight is 328 g/mol. The summed E-state index contributed by atoms with van der Waals surface area (Å²) in [6.45, 7) is 3.51. The van der Waals surface area contributed by atoms with Crippen molar-refractivity contribution in [3.8, 4) is 0 Å². The predicted octanol–water partition coefficient (Wildman–Crippen LogP) is 0.154. The summed E-state index contributed by atoms with van der Waals surface area (Å²) in [4.78, 5) is 39.6. The normalized spacial score (nSPS) is 15.9. The fourth-order valence-electron chi connectivity index (χ4n) is 1.90. The Bertz CT molecular complexity index is 644. The van der Waals surface area contributed by atoms with Crippen LogP contribution >= 0.6 is 11.3 Å². The van der Waals surface area contributed by atoms with Gasteiger partial charge in [-0.1, -0.05) is 6.92 Å². The summed E-state index contributed by atoms with van der Waals surface area (Å²) in [6.07, 6.45) is 1.44. The fourth-order valence-corrected chi connectivity index (χ4v) is 2.72. The van der Waals surface area contributed by atoms with Gasteiger partial charge in [0.15, 0.2) is 4.80 Å². The lowest BCUT2D eigenvalue weighted by Gasteiger charge is -2.26. The van der Waals surface area contributed by atoms with Gasteiger partial charge >= 0.3 is 5.00 Å². The summed E-state index contributed by atoms with van der Waals surface area (Å²) in [5, 5.41) is 10.7. The van der Waals surface area contributed by atoms with Crippen molar-refractivity contribution >= 4 is 28.2 Å². The first-order valence-electron chi connectivity index (χ1n) is 6.79. The summed E-state index contributed by atoms with van der Waals surface area (Å²) >= 11 is 0.781. The first kappa shape index (κ1) is 16.3. The highest BCUT2D eigenvalue weighted by molar-refractivity contribution is 7.12. The van der Waals surface area contributed by atoms with Crippen LogP contribution in [0.5, 0.6) is 0 Å². The minimum atomic E-state index is -0.560. The smallest absolute Gasteiger partial charge is 0.343 e. The zero-order valence-electron chi connectivity index (χ0n) is 12.1. The standard InChI is InChI=1S/C12H16N4O5S/c1-2-9(17)13-12-15(8-11(22-12)16(19)20)7-10(18)14-3-5-21-6-4-14/h8H,2-7H2,1H3. The van der Waals surface area contributed by atoms with Crippen LogP contribution in [0, 0.1) is 10.1 Å². The second-order valence-electron chi connectivity index (χ2n) is 4.59. The van der Waals surface area contributed by atoms with Crippen molar-refractivity contribution < 1.29 is 19.2 Å². The molecule has 9 nitrogen and oxygen atoms in total. The molecule has 0 aromatic carbocycles. The zero-order chi connectivity index (χ0) is 16.1. The molecule has 10 heteroatoms. The van der Waals surface area contributed by atoms with Crippen molar-refractivity contribution in [2.24, 2.45) is 4.99 Å². The predicted molar refractivity (Wildman–Crippen MR) is 77.2 cm³/mol. The number of carbonyl (C=O) groups is 2. The maximum absolute atomic E-state index is 12.2. The monoisotopic (exact) mass is 328 g/mol. The van der Waals surface area contributed by atoms with Crippen molar-refractivity contribution in [2.45, 2.75) is 19.9 Å². The van der Waals surface area contributed by atoms with Gasteiger partial charge in [0.1, 0.15) is 6.54 Å². The van der Waals surface area contributed by atoms with Crippen molar-refractivity contribution in [3.63, 3.8) is 0 Å². The number of nitro groups is 1. The van der Waals surface area contributed by atoms with Crippen molar-refractivity contribution in [3.05, 3.63) is 21.1 Å². The Labute approximate surface area is 130 Å². The molecule has 2 heterocycles. The number of aromatic nitrogens is 1. The number of thiazole rings is 1. The third-order valence-corrected chi connectivity index (χ3v) is 4.05. The molecule has 0 aliphatic carbocycles. The molecule has 1 fully saturated rings. The van der Waals surface area contributed by atoms with E-state index in [9.17, 15) is 19.7 Å². The van der Waals surface area contributed by atoms with Crippen LogP contribution in [0.15, 0.2) is 11.2 Å². The van der Waals surface area contributed by atoms with E-state index in [1.807, 2.05) is 0 Å². The molecule has 1 aromatic heterocycles. The molecule has 0 atom stereocenters. The molecular weight excluding hydrogens is 312 g/mol. The molecule has 0 radical (unpaired) electrons. The largest absolute Gasteiger partial charge is 0.378 e. The number of morpholine rings is 1. The number of hydrogen-bond donors (Lipinski definition) is 0. The zero-order valence-corrected chi connectivity index (χ0v) is 12.9. The maximum Gasteiger partial charge on any atom is 0.343 e. The Kier molecular flexibility index (Phi) is 5.39. The van der Waals surface area contributed by atoms with Gasteiger partial charge in [0.2, 0.25) is 11.8 Å². The van der Waals surface area contributed by atoms with E-state index >= 15 is 0 Å². The molecule has 0 unspecified atom stereocenters. The highest BCUT2D eigenvalue weighted by Crippen LogP contribution is 2.14. The van der Waals surface area contributed by atoms with Gasteiger partial charge in [0.25, 0.3) is 0 Å². The van der Waals surface area contributed by atoms with Gasteiger partial charge in [-0.25, -0.2) is 0 Å². The van der Waals surface area contributed by atoms with E-state index in [2.05, 4.69) is 4.99 Å². The third kappa shape index (κ3) is 3.98. The van der Waals surface area contributed by atoms with Gasteiger partial charge in [-0.15, -0.1) is 0 Å². The Balaban J connectivity index is 2.24. The molecule has 0 spiro atoms. The summed E-state index contributed by atoms with van der Waals surface area (Å²) < 4.78 is 6.53. The topological polar surface area (TPSA) is 107 Å². The lowest BCUT2D eigenvalue weighted by molar-refractivity contribution is -0.380. The number of carbonyl (C=O) groups excluding carboxylic acids is 2. The van der Waals surface area contributed by atoms with Gasteiger partial charge in [-0.05, 0) is 11.3 Å². The summed E-state index contributed by atoms with van der Waals surface area (Å²) in [5.41, 5.74) is 0. The molecule has 0 saturated carbocycles. The lowest BCUT2D eigenvalue weighted by Crippen LogP contribution is -2.43. The minimum absolute atomic E-state index is 0.0832. The molecule has 0 N–H and O–H groups in total. The van der Waals surface area contributed by atoms with Crippen LogP contribution in [0.2, 0.25) is 0 Å². The van der Waals surface area contributed by atoms with E-state index < -0.39 is 4.92 Å². The van der Waals surface area contributed by atoms with E-state index in [0.29, 0.717) is 26.3 Å². The van der Waals surface area contributed by atoms with E-state index in [0.717, 1.165) is 11.3 Å². The Morgan fingerprint density at radius 1 is 1.45 bits per heavy atom. The molecule has 1 aliphatic rings. The summed E-state index contributed by atoms with van der Waals surface area (Å²) in [6, 6.07) is 0. The fraction of sp³-hybridized carbons (Fsp3) is 0.583. The van der Waals surface area contributed by atoms with E-state index in [1.165, 1.54) is 10.8 Å². The maximum atomic E-state index is 12.2. The van der Waals surface area contributed by atoms with Crippen LogP contribution in [-0.4, -0.2) is 52.5 Å². The highest BCUT2D eigenvalue weighted by atomic mass is 32.1. The number of ether oxygens (including phenoxy) is 1. The number of nitrogens with zero attached hydrogens (tertiary/aromatic N) is 4. The molecule has 0 bridgehead atoms. The minimum Gasteiger partial charge on any atom is -0.378 e. The Morgan fingerprint density at radius 2 is 2.14 bits per heavy atom. The molecule has 22 heavy (non-hydrogen) atoms. The number of amides is 2. The van der Waals surface area contributed by atoms with E-state index in [-0.39, 0.29) is 34.6 Å². The van der Waals surface area contributed by atoms with Gasteiger partial charge < -0.3 is 14.2 Å². The molecule has 1 saturated heterocycles. The van der Waals surface area contributed by atoms with Gasteiger partial charge in [-0.2, -0.15) is 4.99 Å². The molecular formula is C12H16N4O5S. The Morgan fingerprint density at radius 3 is 2.73 bits per heavy atom. The summed E-state index contributed by atoms with van der Waals surface area (Å²) in [7, 11) is 0. The van der Waals surface area contributed by atoms with Crippen LogP contribution in [-0.2, 0) is 20.9 Å². The van der Waals surface area contributed by atoms with E-state index in [1.54, 1.807) is 11.8 Å². The second-order valence-corrected chi connectivity index (χ2v) is 5.58. The van der Waals surface area contributed by atoms with Gasteiger partial charge in [-0.3, -0.25) is 19.7 Å². The van der Waals surface area contributed by atoms with Gasteiger partial charge in [0, 0.05) is 19.5 Å². The van der Waals surface area contributed by atoms with Crippen molar-refractivity contribution in [2.75, 3.05) is 26.3 Å². The average Bonchev–Trinajstić information content (AvgIpc) is 2.91. The number of hydrogen-bond acceptors (Lipinski definition) is 6. The van der Waals surface area contributed by atoms with E-state index in [4.69, 9.17) is 4.74 Å². The first-order valence-corrected chi connectivity index (χ1v) is 7.60. The SMILES string of the molecule is CCC(=O)N=c1sc([N+](=O)[O-])cn1CC(=O)N1CCOCC1. The van der Waals surface area contributed by atoms with Crippen LogP contribution in [0.4, 0.5) is 5.00 Å². The van der Waals surface area contributed by atoms with Crippen molar-refractivity contribution in [1.82, 2.24) is 9.47 Å². The van der Waals surface area contributed by atoms with Gasteiger partial charge in [0.05, 0.1) is 24.3 Å². The second kappa shape index (κ2) is 7.27. The van der Waals surface area contributed by atoms with Crippen LogP contribution in [0.3, 0.4) is 0 Å². The molecule has 2 amide bonds. The molecule has 2 rings (SSSR count). The third-order valence-electron chi connectivity index (χ3n) is 3.08. The number of rotatable bonds is 4. The molecule has 1 aliphatic heterocycles.